The third-order valence-corrected chi connectivity index (χ3v) is 3.91. The molecule has 22 heavy (non-hydrogen) atoms. The number of carbonyl (C=O) groups excluding carboxylic acids is 1. The second-order valence-electron chi connectivity index (χ2n) is 5.58. The molecule has 0 aliphatic rings. The first-order chi connectivity index (χ1) is 10.5. The van der Waals surface area contributed by atoms with Crippen molar-refractivity contribution in [1.82, 2.24) is 15.3 Å². The molecule has 2 atom stereocenters. The molecule has 1 aromatic heterocycles. The lowest BCUT2D eigenvalue weighted by Crippen LogP contribution is -2.35. The number of H-pyrrole nitrogens is 1. The number of rotatable bonds is 7. The lowest BCUT2D eigenvalue weighted by molar-refractivity contribution is -0.121. The molecule has 5 nitrogen and oxygen atoms in total. The number of imidazole rings is 1. The summed E-state index contributed by atoms with van der Waals surface area (Å²) in [6.07, 6.45) is 0.976. The first-order valence-corrected chi connectivity index (χ1v) is 7.59. The number of aryl methyl sites for hydroxylation is 1. The molecule has 1 heterocycles. The average Bonchev–Trinajstić information content (AvgIpc) is 2.94. The molecule has 0 spiro atoms. The molecule has 0 saturated carbocycles. The number of aliphatic hydroxyl groups excluding tert-OH is 1. The molecular formula is C16H22FN3O2. The van der Waals surface area contributed by atoms with Crippen LogP contribution in [-0.2, 0) is 11.2 Å². The SMILES string of the molecule is CCC(C)C(O)CNC(=O)CCc1nc2c(F)cccc2[nH]1. The van der Waals surface area contributed by atoms with Gasteiger partial charge < -0.3 is 15.4 Å². The molecule has 6 heteroatoms. The number of nitrogens with one attached hydrogen (secondary N) is 2. The minimum atomic E-state index is -0.533. The fraction of sp³-hybridized carbons (Fsp3) is 0.500. The van der Waals surface area contributed by atoms with Gasteiger partial charge in [-0.2, -0.15) is 0 Å². The largest absolute Gasteiger partial charge is 0.391 e. The summed E-state index contributed by atoms with van der Waals surface area (Å²) >= 11 is 0. The molecular weight excluding hydrogens is 285 g/mol. The van der Waals surface area contributed by atoms with Crippen molar-refractivity contribution in [2.24, 2.45) is 5.92 Å². The number of benzene rings is 1. The number of halogens is 1. The Morgan fingerprint density at radius 1 is 1.50 bits per heavy atom. The van der Waals surface area contributed by atoms with E-state index < -0.39 is 6.10 Å². The molecule has 1 aromatic carbocycles. The van der Waals surface area contributed by atoms with Gasteiger partial charge in [0.2, 0.25) is 5.91 Å². The van der Waals surface area contributed by atoms with E-state index in [2.05, 4.69) is 15.3 Å². The van der Waals surface area contributed by atoms with E-state index in [1.165, 1.54) is 6.07 Å². The number of amides is 1. The fourth-order valence-electron chi connectivity index (χ4n) is 2.18. The van der Waals surface area contributed by atoms with E-state index in [0.717, 1.165) is 6.42 Å². The topological polar surface area (TPSA) is 78.0 Å². The summed E-state index contributed by atoms with van der Waals surface area (Å²) in [7, 11) is 0. The maximum atomic E-state index is 13.5. The average molecular weight is 307 g/mol. The van der Waals surface area contributed by atoms with E-state index in [1.54, 1.807) is 12.1 Å². The predicted octanol–water partition coefficient (Wildman–Crippen LogP) is 2.16. The van der Waals surface area contributed by atoms with E-state index in [9.17, 15) is 14.3 Å². The van der Waals surface area contributed by atoms with Crippen LogP contribution >= 0.6 is 0 Å². The van der Waals surface area contributed by atoms with Crippen LogP contribution in [0.15, 0.2) is 18.2 Å². The molecule has 0 bridgehead atoms. The van der Waals surface area contributed by atoms with Gasteiger partial charge >= 0.3 is 0 Å². The third-order valence-electron chi connectivity index (χ3n) is 3.91. The molecule has 1 amide bonds. The van der Waals surface area contributed by atoms with Gasteiger partial charge in [-0.15, -0.1) is 0 Å². The molecule has 0 radical (unpaired) electrons. The van der Waals surface area contributed by atoms with Crippen molar-refractivity contribution < 1.29 is 14.3 Å². The number of para-hydroxylation sites is 1. The van der Waals surface area contributed by atoms with Crippen LogP contribution in [0.4, 0.5) is 4.39 Å². The smallest absolute Gasteiger partial charge is 0.220 e. The van der Waals surface area contributed by atoms with Crippen molar-refractivity contribution >= 4 is 16.9 Å². The lowest BCUT2D eigenvalue weighted by atomic mass is 10.0. The maximum Gasteiger partial charge on any atom is 0.220 e. The van der Waals surface area contributed by atoms with Crippen molar-refractivity contribution in [3.63, 3.8) is 0 Å². The highest BCUT2D eigenvalue weighted by atomic mass is 19.1. The van der Waals surface area contributed by atoms with Crippen molar-refractivity contribution in [3.8, 4) is 0 Å². The predicted molar refractivity (Wildman–Crippen MR) is 82.8 cm³/mol. The van der Waals surface area contributed by atoms with E-state index in [-0.39, 0.29) is 30.6 Å². The van der Waals surface area contributed by atoms with Gasteiger partial charge in [-0.05, 0) is 18.1 Å². The van der Waals surface area contributed by atoms with Gasteiger partial charge in [0.15, 0.2) is 5.82 Å². The Bertz CT molecular complexity index is 641. The van der Waals surface area contributed by atoms with Crippen LogP contribution in [0.25, 0.3) is 11.0 Å². The summed E-state index contributed by atoms with van der Waals surface area (Å²) in [5.41, 5.74) is 0.924. The summed E-state index contributed by atoms with van der Waals surface area (Å²) in [5, 5.41) is 12.5. The normalized spacial score (nSPS) is 14.0. The van der Waals surface area contributed by atoms with Crippen molar-refractivity contribution in [1.29, 1.82) is 0 Å². The summed E-state index contributed by atoms with van der Waals surface area (Å²) < 4.78 is 13.5. The molecule has 0 aliphatic heterocycles. The molecule has 2 aromatic rings. The molecule has 0 saturated heterocycles. The van der Waals surface area contributed by atoms with Gasteiger partial charge in [-0.25, -0.2) is 9.37 Å². The zero-order valence-electron chi connectivity index (χ0n) is 12.9. The fourth-order valence-corrected chi connectivity index (χ4v) is 2.18. The number of aromatic amines is 1. The zero-order valence-corrected chi connectivity index (χ0v) is 12.9. The Labute approximate surface area is 128 Å². The minimum Gasteiger partial charge on any atom is -0.391 e. The van der Waals surface area contributed by atoms with Crippen LogP contribution in [0, 0.1) is 11.7 Å². The monoisotopic (exact) mass is 307 g/mol. The molecule has 0 aliphatic carbocycles. The Kier molecular flexibility index (Phi) is 5.49. The summed E-state index contributed by atoms with van der Waals surface area (Å²) in [6.45, 7) is 4.19. The van der Waals surface area contributed by atoms with Crippen molar-refractivity contribution in [2.75, 3.05) is 6.54 Å². The summed E-state index contributed by atoms with van der Waals surface area (Å²) in [5.74, 6) is 0.209. The molecule has 3 N–H and O–H groups in total. The van der Waals surface area contributed by atoms with Gasteiger partial charge in [-0.3, -0.25) is 4.79 Å². The van der Waals surface area contributed by atoms with E-state index in [4.69, 9.17) is 0 Å². The molecule has 0 fully saturated rings. The Morgan fingerprint density at radius 3 is 2.95 bits per heavy atom. The van der Waals surface area contributed by atoms with Crippen molar-refractivity contribution in [2.45, 2.75) is 39.2 Å². The van der Waals surface area contributed by atoms with Crippen LogP contribution in [0.2, 0.25) is 0 Å². The van der Waals surface area contributed by atoms with Crippen LogP contribution in [0.3, 0.4) is 0 Å². The number of nitrogens with zero attached hydrogens (tertiary/aromatic N) is 1. The highest BCUT2D eigenvalue weighted by molar-refractivity contribution is 5.77. The second kappa shape index (κ2) is 7.35. The van der Waals surface area contributed by atoms with Gasteiger partial charge in [0.1, 0.15) is 11.3 Å². The Balaban J connectivity index is 1.84. The van der Waals surface area contributed by atoms with Crippen LogP contribution in [0.5, 0.6) is 0 Å². The van der Waals surface area contributed by atoms with Gasteiger partial charge in [0, 0.05) is 19.4 Å². The van der Waals surface area contributed by atoms with Gasteiger partial charge in [0.25, 0.3) is 0 Å². The number of fused-ring (bicyclic) bond motifs is 1. The van der Waals surface area contributed by atoms with Crippen LogP contribution in [0.1, 0.15) is 32.5 Å². The maximum absolute atomic E-state index is 13.5. The van der Waals surface area contributed by atoms with Crippen molar-refractivity contribution in [3.05, 3.63) is 29.8 Å². The van der Waals surface area contributed by atoms with E-state index >= 15 is 0 Å². The number of carbonyl (C=O) groups is 1. The second-order valence-corrected chi connectivity index (χ2v) is 5.58. The minimum absolute atomic E-state index is 0.150. The standard InChI is InChI=1S/C16H22FN3O2/c1-3-10(2)13(21)9-18-15(22)8-7-14-19-12-6-4-5-11(17)16(12)20-14/h4-6,10,13,21H,3,7-9H2,1-2H3,(H,18,22)(H,19,20). The Morgan fingerprint density at radius 2 is 2.27 bits per heavy atom. The zero-order chi connectivity index (χ0) is 16.1. The van der Waals surface area contributed by atoms with Gasteiger partial charge in [0.05, 0.1) is 11.6 Å². The molecule has 2 rings (SSSR count). The number of hydrogen-bond acceptors (Lipinski definition) is 3. The van der Waals surface area contributed by atoms with Crippen LogP contribution < -0.4 is 5.32 Å². The van der Waals surface area contributed by atoms with Crippen LogP contribution in [-0.4, -0.2) is 33.6 Å². The number of aliphatic hydroxyl groups is 1. The van der Waals surface area contributed by atoms with E-state index in [0.29, 0.717) is 23.3 Å². The Hall–Kier alpha value is -1.95. The van der Waals surface area contributed by atoms with Gasteiger partial charge in [-0.1, -0.05) is 26.3 Å². The van der Waals surface area contributed by atoms with E-state index in [1.807, 2.05) is 13.8 Å². The molecule has 120 valence electrons. The third kappa shape index (κ3) is 4.04. The first kappa shape index (κ1) is 16.4. The lowest BCUT2D eigenvalue weighted by Gasteiger charge is -2.17. The summed E-state index contributed by atoms with van der Waals surface area (Å²) in [6, 6.07) is 4.72. The highest BCUT2D eigenvalue weighted by Crippen LogP contribution is 2.15. The highest BCUT2D eigenvalue weighted by Gasteiger charge is 2.14. The number of aromatic nitrogens is 2. The quantitative estimate of drug-likeness (QED) is 0.733. The number of hydrogen-bond donors (Lipinski definition) is 3. The molecule has 2 unspecified atom stereocenters. The first-order valence-electron chi connectivity index (χ1n) is 7.59. The summed E-state index contributed by atoms with van der Waals surface area (Å²) in [4.78, 5) is 18.9.